The van der Waals surface area contributed by atoms with Crippen LogP contribution < -0.4 is 5.32 Å². The fourth-order valence-corrected chi connectivity index (χ4v) is 3.17. The first-order valence-corrected chi connectivity index (χ1v) is 8.59. The maximum absolute atomic E-state index is 13.8. The molecule has 1 aromatic carbocycles. The number of hydrogen-bond acceptors (Lipinski definition) is 4. The zero-order valence-corrected chi connectivity index (χ0v) is 16.4. The number of carbonyl (C=O) groups excluding carboxylic acids is 2. The average molecular weight is 414 g/mol. The summed E-state index contributed by atoms with van der Waals surface area (Å²) in [6, 6.07) is 2.37. The Hall–Kier alpha value is -2.52. The van der Waals surface area contributed by atoms with Crippen molar-refractivity contribution in [3.63, 3.8) is 0 Å². The van der Waals surface area contributed by atoms with Crippen LogP contribution in [-0.2, 0) is 11.8 Å². The van der Waals surface area contributed by atoms with Gasteiger partial charge in [-0.1, -0.05) is 0 Å². The van der Waals surface area contributed by atoms with Crippen molar-refractivity contribution in [2.45, 2.75) is 6.04 Å². The predicted molar refractivity (Wildman–Crippen MR) is 101 cm³/mol. The molecule has 152 valence electrons. The minimum atomic E-state index is -0.884. The van der Waals surface area contributed by atoms with Crippen molar-refractivity contribution in [3.8, 4) is 0 Å². The number of carbonyl (C=O) groups is 2. The van der Waals surface area contributed by atoms with Crippen molar-refractivity contribution in [1.82, 2.24) is 24.9 Å². The Bertz CT molecular complexity index is 852. The smallest absolute Gasteiger partial charge is 0.256 e. The van der Waals surface area contributed by atoms with E-state index in [1.165, 1.54) is 4.90 Å². The number of likely N-dealkylation sites (N-methyl/N-ethyl adjacent to an activating group) is 1. The third kappa shape index (κ3) is 4.48. The lowest BCUT2D eigenvalue weighted by atomic mass is 10.1. The lowest BCUT2D eigenvalue weighted by Gasteiger charge is -2.36. The summed E-state index contributed by atoms with van der Waals surface area (Å²) in [5, 5.41) is 7.08. The van der Waals surface area contributed by atoms with Gasteiger partial charge in [-0.3, -0.25) is 14.3 Å². The molecule has 1 unspecified atom stereocenters. The van der Waals surface area contributed by atoms with Gasteiger partial charge in [-0.25, -0.2) is 8.78 Å². The quantitative estimate of drug-likeness (QED) is 0.821. The Morgan fingerprint density at radius 1 is 1.14 bits per heavy atom. The highest BCUT2D eigenvalue weighted by atomic mass is 35.5. The molecule has 10 heteroatoms. The van der Waals surface area contributed by atoms with Gasteiger partial charge in [0.1, 0.15) is 17.7 Å². The van der Waals surface area contributed by atoms with E-state index in [0.717, 1.165) is 17.7 Å². The maximum Gasteiger partial charge on any atom is 0.256 e. The van der Waals surface area contributed by atoms with Crippen LogP contribution in [0.2, 0.25) is 0 Å². The lowest BCUT2D eigenvalue weighted by molar-refractivity contribution is -0.135. The normalized spacial score (nSPS) is 15.1. The largest absolute Gasteiger partial charge is 0.337 e. The molecule has 7 nitrogen and oxygen atoms in total. The summed E-state index contributed by atoms with van der Waals surface area (Å²) in [5.41, 5.74) is 0.594. The number of nitrogens with one attached hydrogen (secondary N) is 1. The van der Waals surface area contributed by atoms with Gasteiger partial charge in [-0.05, 0) is 19.2 Å². The summed E-state index contributed by atoms with van der Waals surface area (Å²) in [7, 11) is 3.48. The molecule has 0 radical (unpaired) electrons. The van der Waals surface area contributed by atoms with Gasteiger partial charge in [0.05, 0.1) is 11.8 Å². The molecular formula is C18H22ClF2N5O2. The van der Waals surface area contributed by atoms with Gasteiger partial charge in [0.15, 0.2) is 0 Å². The van der Waals surface area contributed by atoms with Crippen LogP contribution in [0.1, 0.15) is 22.0 Å². The van der Waals surface area contributed by atoms with E-state index in [1.807, 2.05) is 0 Å². The van der Waals surface area contributed by atoms with Gasteiger partial charge in [-0.15, -0.1) is 12.4 Å². The fraction of sp³-hybridized carbons (Fsp3) is 0.389. The molecule has 1 N–H and O–H groups in total. The zero-order valence-electron chi connectivity index (χ0n) is 15.6. The Morgan fingerprint density at radius 2 is 1.79 bits per heavy atom. The monoisotopic (exact) mass is 413 g/mol. The van der Waals surface area contributed by atoms with Gasteiger partial charge in [0.25, 0.3) is 5.91 Å². The van der Waals surface area contributed by atoms with Crippen molar-refractivity contribution in [1.29, 1.82) is 0 Å². The van der Waals surface area contributed by atoms with Gasteiger partial charge >= 0.3 is 0 Å². The molecule has 1 fully saturated rings. The second-order valence-corrected chi connectivity index (χ2v) is 6.41. The van der Waals surface area contributed by atoms with E-state index in [0.29, 0.717) is 19.2 Å². The SMILES string of the molecule is CNC(C(=O)N1CCN(C(=O)c2ccc(F)cc2F)CC1)c1cnn(C)c1.Cl. The van der Waals surface area contributed by atoms with Crippen molar-refractivity contribution in [3.05, 3.63) is 53.4 Å². The first-order valence-electron chi connectivity index (χ1n) is 8.59. The van der Waals surface area contributed by atoms with Crippen molar-refractivity contribution in [2.24, 2.45) is 7.05 Å². The molecule has 2 heterocycles. The number of benzene rings is 1. The van der Waals surface area contributed by atoms with Crippen LogP contribution >= 0.6 is 12.4 Å². The number of amides is 2. The topological polar surface area (TPSA) is 70.5 Å². The highest BCUT2D eigenvalue weighted by molar-refractivity contribution is 5.94. The summed E-state index contributed by atoms with van der Waals surface area (Å²) in [5.74, 6) is -2.22. The first-order chi connectivity index (χ1) is 12.9. The van der Waals surface area contributed by atoms with E-state index in [9.17, 15) is 18.4 Å². The summed E-state index contributed by atoms with van der Waals surface area (Å²) in [4.78, 5) is 28.4. The number of aromatic nitrogens is 2. The highest BCUT2D eigenvalue weighted by Crippen LogP contribution is 2.18. The Morgan fingerprint density at radius 3 is 2.32 bits per heavy atom. The lowest BCUT2D eigenvalue weighted by Crippen LogP contribution is -2.52. The number of rotatable bonds is 4. The molecule has 1 aliphatic heterocycles. The van der Waals surface area contributed by atoms with E-state index in [-0.39, 0.29) is 37.0 Å². The second kappa shape index (κ2) is 9.11. The molecule has 0 spiro atoms. The van der Waals surface area contributed by atoms with Crippen molar-refractivity contribution in [2.75, 3.05) is 33.2 Å². The Kier molecular flexibility index (Phi) is 7.09. The number of halogens is 3. The third-order valence-electron chi connectivity index (χ3n) is 4.63. The van der Waals surface area contributed by atoms with Crippen LogP contribution in [0.15, 0.2) is 30.6 Å². The predicted octanol–water partition coefficient (Wildman–Crippen LogP) is 1.37. The molecular weight excluding hydrogens is 392 g/mol. The molecule has 1 aromatic heterocycles. The number of nitrogens with zero attached hydrogens (tertiary/aromatic N) is 4. The van der Waals surface area contributed by atoms with E-state index >= 15 is 0 Å². The van der Waals surface area contributed by atoms with Crippen LogP contribution in [-0.4, -0.2) is 64.6 Å². The fourth-order valence-electron chi connectivity index (χ4n) is 3.17. The molecule has 0 saturated carbocycles. The van der Waals surface area contributed by atoms with E-state index in [2.05, 4.69) is 10.4 Å². The minimum absolute atomic E-state index is 0. The molecule has 3 rings (SSSR count). The van der Waals surface area contributed by atoms with Crippen molar-refractivity contribution < 1.29 is 18.4 Å². The van der Waals surface area contributed by atoms with Crippen LogP contribution in [0, 0.1) is 11.6 Å². The second-order valence-electron chi connectivity index (χ2n) is 6.41. The van der Waals surface area contributed by atoms with Gasteiger partial charge in [0.2, 0.25) is 5.91 Å². The van der Waals surface area contributed by atoms with Crippen LogP contribution in [0.3, 0.4) is 0 Å². The molecule has 0 aliphatic carbocycles. The molecule has 28 heavy (non-hydrogen) atoms. The van der Waals surface area contributed by atoms with E-state index < -0.39 is 23.6 Å². The zero-order chi connectivity index (χ0) is 19.6. The standard InChI is InChI=1S/C18H21F2N5O2.ClH/c1-21-16(12-10-22-23(2)11-12)18(27)25-7-5-24(6-8-25)17(26)14-4-3-13(19)9-15(14)20;/h3-4,9-11,16,21H,5-8H2,1-2H3;1H. The molecule has 1 aliphatic rings. The van der Waals surface area contributed by atoms with Gasteiger partial charge in [0, 0.05) is 51.1 Å². The number of piperazine rings is 1. The third-order valence-corrected chi connectivity index (χ3v) is 4.63. The maximum atomic E-state index is 13.8. The molecule has 2 aromatic rings. The Balaban J connectivity index is 0.00000280. The summed E-state index contributed by atoms with van der Waals surface area (Å²) >= 11 is 0. The summed E-state index contributed by atoms with van der Waals surface area (Å²) in [6.45, 7) is 1.24. The van der Waals surface area contributed by atoms with Crippen LogP contribution in [0.4, 0.5) is 8.78 Å². The highest BCUT2D eigenvalue weighted by Gasteiger charge is 2.30. The molecule has 1 atom stereocenters. The Labute approximate surface area is 167 Å². The number of aryl methyl sites for hydroxylation is 1. The summed E-state index contributed by atoms with van der Waals surface area (Å²) in [6.07, 6.45) is 3.41. The van der Waals surface area contributed by atoms with Gasteiger partial charge in [-0.2, -0.15) is 5.10 Å². The minimum Gasteiger partial charge on any atom is -0.337 e. The molecule has 2 amide bonds. The van der Waals surface area contributed by atoms with Gasteiger partial charge < -0.3 is 15.1 Å². The van der Waals surface area contributed by atoms with E-state index in [4.69, 9.17) is 0 Å². The molecule has 0 bridgehead atoms. The van der Waals surface area contributed by atoms with Crippen LogP contribution in [0.25, 0.3) is 0 Å². The average Bonchev–Trinajstić information content (AvgIpc) is 3.08. The molecule has 1 saturated heterocycles. The summed E-state index contributed by atoms with van der Waals surface area (Å²) < 4.78 is 28.5. The number of hydrogen-bond donors (Lipinski definition) is 1. The van der Waals surface area contributed by atoms with Crippen LogP contribution in [0.5, 0.6) is 0 Å². The van der Waals surface area contributed by atoms with E-state index in [1.54, 1.807) is 36.1 Å². The first kappa shape index (κ1) is 21.8. The van der Waals surface area contributed by atoms with Crippen molar-refractivity contribution >= 4 is 24.2 Å².